The molecule has 0 spiro atoms. The minimum atomic E-state index is -0.928. The van der Waals surface area contributed by atoms with Crippen molar-refractivity contribution >= 4 is 12.0 Å². The van der Waals surface area contributed by atoms with Crippen molar-refractivity contribution in [2.45, 2.75) is 39.7 Å². The molecule has 6 nitrogen and oxygen atoms in total. The lowest BCUT2D eigenvalue weighted by Crippen LogP contribution is -2.53. The second kappa shape index (κ2) is 8.09. The first-order valence-corrected chi connectivity index (χ1v) is 7.26. The SMILES string of the molecule is CC(C)COCCNC(=O)N1CCC(C)CC1C(=O)O. The molecular weight excluding hydrogens is 260 g/mol. The normalized spacial score (nSPS) is 22.9. The topological polar surface area (TPSA) is 78.9 Å². The number of ether oxygens (including phenoxy) is 1. The lowest BCUT2D eigenvalue weighted by Gasteiger charge is -2.35. The number of urea groups is 1. The molecule has 0 aliphatic carbocycles. The van der Waals surface area contributed by atoms with Gasteiger partial charge in [0.25, 0.3) is 0 Å². The van der Waals surface area contributed by atoms with Crippen LogP contribution in [-0.2, 0) is 9.53 Å². The first kappa shape index (κ1) is 16.8. The van der Waals surface area contributed by atoms with Crippen molar-refractivity contribution in [1.29, 1.82) is 0 Å². The van der Waals surface area contributed by atoms with Gasteiger partial charge in [0.2, 0.25) is 0 Å². The quantitative estimate of drug-likeness (QED) is 0.726. The molecular formula is C14H26N2O4. The van der Waals surface area contributed by atoms with Gasteiger partial charge in [-0.15, -0.1) is 0 Å². The number of aliphatic carboxylic acids is 1. The Hall–Kier alpha value is -1.30. The molecule has 1 saturated heterocycles. The maximum Gasteiger partial charge on any atom is 0.326 e. The summed E-state index contributed by atoms with van der Waals surface area (Å²) in [7, 11) is 0. The summed E-state index contributed by atoms with van der Waals surface area (Å²) in [6.07, 6.45) is 1.37. The number of amides is 2. The van der Waals surface area contributed by atoms with Crippen molar-refractivity contribution in [3.63, 3.8) is 0 Å². The van der Waals surface area contributed by atoms with Crippen LogP contribution in [0.5, 0.6) is 0 Å². The van der Waals surface area contributed by atoms with E-state index in [1.165, 1.54) is 4.90 Å². The second-order valence-electron chi connectivity index (χ2n) is 5.88. The molecule has 0 aromatic rings. The zero-order valence-electron chi connectivity index (χ0n) is 12.6. The number of likely N-dealkylation sites (tertiary alicyclic amines) is 1. The molecule has 2 N–H and O–H groups in total. The Bertz CT molecular complexity index is 333. The molecule has 1 heterocycles. The highest BCUT2D eigenvalue weighted by Crippen LogP contribution is 2.22. The number of piperidine rings is 1. The monoisotopic (exact) mass is 286 g/mol. The maximum absolute atomic E-state index is 12.0. The fraction of sp³-hybridized carbons (Fsp3) is 0.857. The Labute approximate surface area is 120 Å². The standard InChI is InChI=1S/C14H26N2O4/c1-10(2)9-20-7-5-15-14(19)16-6-4-11(3)8-12(16)13(17)18/h10-12H,4-9H2,1-3H3,(H,15,19)(H,17,18). The van der Waals surface area contributed by atoms with Crippen molar-refractivity contribution in [3.8, 4) is 0 Å². The third kappa shape index (κ3) is 5.36. The number of carboxylic acids is 1. The van der Waals surface area contributed by atoms with Gasteiger partial charge in [-0.3, -0.25) is 0 Å². The van der Waals surface area contributed by atoms with Crippen LogP contribution in [0.3, 0.4) is 0 Å². The summed E-state index contributed by atoms with van der Waals surface area (Å²) in [6, 6.07) is -1.02. The van der Waals surface area contributed by atoms with E-state index in [0.29, 0.717) is 44.6 Å². The van der Waals surface area contributed by atoms with Gasteiger partial charge < -0.3 is 20.1 Å². The average Bonchev–Trinajstić information content (AvgIpc) is 2.37. The first-order valence-electron chi connectivity index (χ1n) is 7.26. The van der Waals surface area contributed by atoms with E-state index in [9.17, 15) is 14.7 Å². The number of carbonyl (C=O) groups excluding carboxylic acids is 1. The number of carbonyl (C=O) groups is 2. The largest absolute Gasteiger partial charge is 0.480 e. The van der Waals surface area contributed by atoms with Crippen LogP contribution in [-0.4, -0.2) is 54.4 Å². The maximum atomic E-state index is 12.0. The van der Waals surface area contributed by atoms with Crippen LogP contribution >= 0.6 is 0 Å². The lowest BCUT2D eigenvalue weighted by atomic mass is 9.93. The smallest absolute Gasteiger partial charge is 0.326 e. The molecule has 0 bridgehead atoms. The molecule has 1 aliphatic rings. The number of hydrogen-bond donors (Lipinski definition) is 2. The van der Waals surface area contributed by atoms with Crippen molar-refractivity contribution in [1.82, 2.24) is 10.2 Å². The summed E-state index contributed by atoms with van der Waals surface area (Å²) in [6.45, 7) is 8.16. The molecule has 0 aromatic heterocycles. The first-order chi connectivity index (χ1) is 9.41. The highest BCUT2D eigenvalue weighted by molar-refractivity contribution is 5.82. The van der Waals surface area contributed by atoms with E-state index in [1.54, 1.807) is 0 Å². The van der Waals surface area contributed by atoms with Crippen molar-refractivity contribution in [3.05, 3.63) is 0 Å². The Kier molecular flexibility index (Phi) is 6.78. The Balaban J connectivity index is 2.35. The minimum absolute atomic E-state index is 0.308. The predicted octanol–water partition coefficient (Wildman–Crippen LogP) is 1.55. The van der Waals surface area contributed by atoms with Crippen LogP contribution in [0, 0.1) is 11.8 Å². The van der Waals surface area contributed by atoms with Gasteiger partial charge >= 0.3 is 12.0 Å². The van der Waals surface area contributed by atoms with Crippen LogP contribution in [0.15, 0.2) is 0 Å². The van der Waals surface area contributed by atoms with Crippen LogP contribution in [0.2, 0.25) is 0 Å². The van der Waals surface area contributed by atoms with Crippen LogP contribution in [0.4, 0.5) is 4.79 Å². The zero-order valence-corrected chi connectivity index (χ0v) is 12.6. The van der Waals surface area contributed by atoms with Crippen molar-refractivity contribution in [2.24, 2.45) is 11.8 Å². The summed E-state index contributed by atoms with van der Waals surface area (Å²) in [5.41, 5.74) is 0. The zero-order chi connectivity index (χ0) is 15.1. The van der Waals surface area contributed by atoms with E-state index < -0.39 is 12.0 Å². The molecule has 2 amide bonds. The number of rotatable bonds is 6. The van der Waals surface area contributed by atoms with E-state index >= 15 is 0 Å². The van der Waals surface area contributed by atoms with Gasteiger partial charge in [0.15, 0.2) is 0 Å². The molecule has 2 unspecified atom stereocenters. The van der Waals surface area contributed by atoms with E-state index in [2.05, 4.69) is 19.2 Å². The summed E-state index contributed by atoms with van der Waals surface area (Å²) >= 11 is 0. The fourth-order valence-electron chi connectivity index (χ4n) is 2.27. The summed E-state index contributed by atoms with van der Waals surface area (Å²) in [4.78, 5) is 24.7. The number of nitrogens with one attached hydrogen (secondary N) is 1. The second-order valence-corrected chi connectivity index (χ2v) is 5.88. The van der Waals surface area contributed by atoms with E-state index in [4.69, 9.17) is 4.74 Å². The molecule has 1 aliphatic heterocycles. The summed E-state index contributed by atoms with van der Waals surface area (Å²) in [5, 5.41) is 11.9. The number of hydrogen-bond acceptors (Lipinski definition) is 3. The minimum Gasteiger partial charge on any atom is -0.480 e. The predicted molar refractivity (Wildman–Crippen MR) is 75.6 cm³/mol. The number of nitrogens with zero attached hydrogens (tertiary/aromatic N) is 1. The van der Waals surface area contributed by atoms with Gasteiger partial charge in [0, 0.05) is 19.7 Å². The molecule has 2 atom stereocenters. The molecule has 20 heavy (non-hydrogen) atoms. The van der Waals surface area contributed by atoms with Crippen LogP contribution in [0.1, 0.15) is 33.6 Å². The Morgan fingerprint density at radius 3 is 2.75 bits per heavy atom. The number of carboxylic acid groups (broad SMARTS) is 1. The van der Waals surface area contributed by atoms with Gasteiger partial charge in [0.05, 0.1) is 6.61 Å². The van der Waals surface area contributed by atoms with Crippen LogP contribution < -0.4 is 5.32 Å². The Morgan fingerprint density at radius 2 is 2.15 bits per heavy atom. The highest BCUT2D eigenvalue weighted by Gasteiger charge is 2.34. The highest BCUT2D eigenvalue weighted by atomic mass is 16.5. The van der Waals surface area contributed by atoms with Crippen molar-refractivity contribution in [2.75, 3.05) is 26.3 Å². The van der Waals surface area contributed by atoms with Gasteiger partial charge in [-0.25, -0.2) is 9.59 Å². The Morgan fingerprint density at radius 1 is 1.45 bits per heavy atom. The summed E-state index contributed by atoms with van der Waals surface area (Å²) in [5.74, 6) is -0.122. The molecule has 116 valence electrons. The summed E-state index contributed by atoms with van der Waals surface area (Å²) < 4.78 is 5.37. The molecule has 1 rings (SSSR count). The van der Waals surface area contributed by atoms with Gasteiger partial charge in [0.1, 0.15) is 6.04 Å². The molecule has 0 saturated carbocycles. The van der Waals surface area contributed by atoms with Gasteiger partial charge in [-0.05, 0) is 24.7 Å². The molecule has 1 fully saturated rings. The van der Waals surface area contributed by atoms with E-state index in [0.717, 1.165) is 6.42 Å². The van der Waals surface area contributed by atoms with Crippen molar-refractivity contribution < 1.29 is 19.4 Å². The van der Waals surface area contributed by atoms with Gasteiger partial charge in [-0.1, -0.05) is 20.8 Å². The van der Waals surface area contributed by atoms with Gasteiger partial charge in [-0.2, -0.15) is 0 Å². The third-order valence-electron chi connectivity index (χ3n) is 3.38. The molecule has 0 aromatic carbocycles. The van der Waals surface area contributed by atoms with E-state index in [1.807, 2.05) is 6.92 Å². The molecule has 6 heteroatoms. The fourth-order valence-corrected chi connectivity index (χ4v) is 2.27. The molecule has 0 radical (unpaired) electrons. The van der Waals surface area contributed by atoms with Crippen LogP contribution in [0.25, 0.3) is 0 Å². The third-order valence-corrected chi connectivity index (χ3v) is 3.38. The van der Waals surface area contributed by atoms with E-state index in [-0.39, 0.29) is 6.03 Å². The lowest BCUT2D eigenvalue weighted by molar-refractivity contribution is -0.143. The average molecular weight is 286 g/mol.